The van der Waals surface area contributed by atoms with E-state index < -0.39 is 0 Å². The lowest BCUT2D eigenvalue weighted by atomic mass is 9.86. The van der Waals surface area contributed by atoms with Gasteiger partial charge in [0.25, 0.3) is 0 Å². The van der Waals surface area contributed by atoms with Crippen molar-refractivity contribution in [2.24, 2.45) is 17.8 Å². The summed E-state index contributed by atoms with van der Waals surface area (Å²) in [4.78, 5) is 14.6. The third kappa shape index (κ3) is 4.33. The highest BCUT2D eigenvalue weighted by Crippen LogP contribution is 2.26. The fourth-order valence-electron chi connectivity index (χ4n) is 4.24. The Morgan fingerprint density at radius 1 is 1.19 bits per heavy atom. The summed E-state index contributed by atoms with van der Waals surface area (Å²) in [5.41, 5.74) is 0. The second-order valence-corrected chi connectivity index (χ2v) is 7.14. The third-order valence-corrected chi connectivity index (χ3v) is 5.61. The van der Waals surface area contributed by atoms with Gasteiger partial charge in [-0.15, -0.1) is 12.4 Å². The average molecular weight is 316 g/mol. The van der Waals surface area contributed by atoms with Crippen LogP contribution in [0.5, 0.6) is 0 Å². The molecule has 2 N–H and O–H groups in total. The second kappa shape index (κ2) is 7.80. The first-order valence-corrected chi connectivity index (χ1v) is 8.45. The fourth-order valence-corrected chi connectivity index (χ4v) is 4.24. The number of hydrogen-bond donors (Lipinski definition) is 2. The van der Waals surface area contributed by atoms with Gasteiger partial charge in [-0.05, 0) is 56.7 Å². The van der Waals surface area contributed by atoms with Crippen LogP contribution in [0.4, 0.5) is 0 Å². The molecular formula is C16H30ClN3O. The maximum Gasteiger partial charge on any atom is 0.234 e. The Kier molecular flexibility index (Phi) is 6.33. The van der Waals surface area contributed by atoms with Crippen LogP contribution in [0.15, 0.2) is 0 Å². The summed E-state index contributed by atoms with van der Waals surface area (Å²) < 4.78 is 0. The van der Waals surface area contributed by atoms with E-state index in [0.717, 1.165) is 31.5 Å². The molecule has 122 valence electrons. The van der Waals surface area contributed by atoms with Crippen LogP contribution in [0.2, 0.25) is 0 Å². The topological polar surface area (TPSA) is 44.4 Å². The normalized spacial score (nSPS) is 36.6. The molecule has 0 aromatic rings. The number of nitrogens with zero attached hydrogens (tertiary/aromatic N) is 1. The van der Waals surface area contributed by atoms with Crippen LogP contribution >= 0.6 is 12.4 Å². The molecule has 3 aliphatic rings. The standard InChI is InChI=1S/C16H29N3O.ClH/c1-12-4-2-3-5-15(12)18-16(20)11-19-7-6-13-8-17-9-14(13)10-19;/h12-15,17H,2-11H2,1H3,(H,18,20);1H. The molecule has 2 aliphatic heterocycles. The number of hydrogen-bond acceptors (Lipinski definition) is 3. The minimum absolute atomic E-state index is 0. The van der Waals surface area contributed by atoms with Crippen molar-refractivity contribution in [3.8, 4) is 0 Å². The summed E-state index contributed by atoms with van der Waals surface area (Å²) in [6, 6.07) is 0.418. The van der Waals surface area contributed by atoms with E-state index in [4.69, 9.17) is 0 Å². The van der Waals surface area contributed by atoms with Crippen molar-refractivity contribution >= 4 is 18.3 Å². The van der Waals surface area contributed by atoms with Crippen molar-refractivity contribution in [2.75, 3.05) is 32.7 Å². The summed E-state index contributed by atoms with van der Waals surface area (Å²) in [5, 5.41) is 6.76. The van der Waals surface area contributed by atoms with Gasteiger partial charge in [0.2, 0.25) is 5.91 Å². The quantitative estimate of drug-likeness (QED) is 0.832. The van der Waals surface area contributed by atoms with Gasteiger partial charge in [-0.2, -0.15) is 0 Å². The second-order valence-electron chi connectivity index (χ2n) is 7.14. The van der Waals surface area contributed by atoms with Gasteiger partial charge in [0.05, 0.1) is 6.54 Å². The molecule has 0 aromatic heterocycles. The van der Waals surface area contributed by atoms with E-state index in [0.29, 0.717) is 18.5 Å². The molecule has 1 amide bonds. The van der Waals surface area contributed by atoms with E-state index in [1.807, 2.05) is 0 Å². The van der Waals surface area contributed by atoms with Gasteiger partial charge in [0, 0.05) is 12.6 Å². The summed E-state index contributed by atoms with van der Waals surface area (Å²) in [7, 11) is 0. The predicted octanol–water partition coefficient (Wildman–Crippen LogP) is 1.64. The number of nitrogens with one attached hydrogen (secondary N) is 2. The van der Waals surface area contributed by atoms with Crippen LogP contribution in [0.1, 0.15) is 39.0 Å². The molecule has 3 fully saturated rings. The zero-order valence-corrected chi connectivity index (χ0v) is 14.0. The number of carbonyl (C=O) groups is 1. The molecule has 1 saturated carbocycles. The van der Waals surface area contributed by atoms with Crippen LogP contribution < -0.4 is 10.6 Å². The van der Waals surface area contributed by atoms with Crippen molar-refractivity contribution in [1.82, 2.24) is 15.5 Å². The van der Waals surface area contributed by atoms with Crippen LogP contribution in [0, 0.1) is 17.8 Å². The molecular weight excluding hydrogens is 286 g/mol. The summed E-state index contributed by atoms with van der Waals surface area (Å²) >= 11 is 0. The number of carbonyl (C=O) groups excluding carboxylic acids is 1. The fraction of sp³-hybridized carbons (Fsp3) is 0.938. The Hall–Kier alpha value is -0.320. The van der Waals surface area contributed by atoms with E-state index in [9.17, 15) is 4.79 Å². The van der Waals surface area contributed by atoms with Crippen LogP contribution in [-0.4, -0.2) is 49.6 Å². The molecule has 2 heterocycles. The molecule has 4 atom stereocenters. The Morgan fingerprint density at radius 2 is 1.95 bits per heavy atom. The molecule has 3 rings (SSSR count). The Bertz CT molecular complexity index is 352. The largest absolute Gasteiger partial charge is 0.352 e. The number of likely N-dealkylation sites (tertiary alicyclic amines) is 1. The van der Waals surface area contributed by atoms with Crippen molar-refractivity contribution in [2.45, 2.75) is 45.1 Å². The molecule has 0 bridgehead atoms. The highest BCUT2D eigenvalue weighted by Gasteiger charge is 2.33. The summed E-state index contributed by atoms with van der Waals surface area (Å²) in [6.45, 7) is 7.40. The third-order valence-electron chi connectivity index (χ3n) is 5.61. The molecule has 21 heavy (non-hydrogen) atoms. The van der Waals surface area contributed by atoms with Gasteiger partial charge < -0.3 is 10.6 Å². The first-order valence-electron chi connectivity index (χ1n) is 8.45. The van der Waals surface area contributed by atoms with Crippen LogP contribution in [-0.2, 0) is 4.79 Å². The zero-order chi connectivity index (χ0) is 13.9. The zero-order valence-electron chi connectivity index (χ0n) is 13.1. The van der Waals surface area contributed by atoms with E-state index in [-0.39, 0.29) is 18.3 Å². The number of halogens is 1. The number of amides is 1. The van der Waals surface area contributed by atoms with E-state index in [1.54, 1.807) is 0 Å². The van der Waals surface area contributed by atoms with Crippen molar-refractivity contribution in [3.63, 3.8) is 0 Å². The van der Waals surface area contributed by atoms with Crippen LogP contribution in [0.3, 0.4) is 0 Å². The van der Waals surface area contributed by atoms with Crippen molar-refractivity contribution in [1.29, 1.82) is 0 Å². The Balaban J connectivity index is 0.00000161. The maximum absolute atomic E-state index is 12.2. The average Bonchev–Trinajstić information content (AvgIpc) is 2.89. The molecule has 4 unspecified atom stereocenters. The first-order chi connectivity index (χ1) is 9.72. The molecule has 2 saturated heterocycles. The molecule has 0 spiro atoms. The monoisotopic (exact) mass is 315 g/mol. The van der Waals surface area contributed by atoms with E-state index in [2.05, 4.69) is 22.5 Å². The van der Waals surface area contributed by atoms with Crippen LogP contribution in [0.25, 0.3) is 0 Å². The predicted molar refractivity (Wildman–Crippen MR) is 87.7 cm³/mol. The van der Waals surface area contributed by atoms with Gasteiger partial charge in [-0.1, -0.05) is 19.8 Å². The SMILES string of the molecule is CC1CCCCC1NC(=O)CN1CCC2CNCC2C1.Cl. The Labute approximate surface area is 134 Å². The summed E-state index contributed by atoms with van der Waals surface area (Å²) in [5.74, 6) is 2.52. The molecule has 0 aromatic carbocycles. The van der Waals surface area contributed by atoms with Crippen molar-refractivity contribution < 1.29 is 4.79 Å². The molecule has 1 aliphatic carbocycles. The smallest absolute Gasteiger partial charge is 0.234 e. The van der Waals surface area contributed by atoms with Gasteiger partial charge in [-0.25, -0.2) is 0 Å². The minimum atomic E-state index is 0. The van der Waals surface area contributed by atoms with Crippen molar-refractivity contribution in [3.05, 3.63) is 0 Å². The van der Waals surface area contributed by atoms with Gasteiger partial charge >= 0.3 is 0 Å². The number of fused-ring (bicyclic) bond motifs is 1. The van der Waals surface area contributed by atoms with Gasteiger partial charge in [-0.3, -0.25) is 9.69 Å². The molecule has 0 radical (unpaired) electrons. The lowest BCUT2D eigenvalue weighted by Crippen LogP contribution is -2.48. The maximum atomic E-state index is 12.2. The number of rotatable bonds is 3. The van der Waals surface area contributed by atoms with Gasteiger partial charge in [0.1, 0.15) is 0 Å². The summed E-state index contributed by atoms with van der Waals surface area (Å²) in [6.07, 6.45) is 6.29. The van der Waals surface area contributed by atoms with E-state index in [1.165, 1.54) is 38.6 Å². The number of piperidine rings is 1. The Morgan fingerprint density at radius 3 is 2.76 bits per heavy atom. The molecule has 4 nitrogen and oxygen atoms in total. The van der Waals surface area contributed by atoms with Gasteiger partial charge in [0.15, 0.2) is 0 Å². The first kappa shape index (κ1) is 17.0. The highest BCUT2D eigenvalue weighted by molar-refractivity contribution is 5.85. The van der Waals surface area contributed by atoms with E-state index >= 15 is 0 Å². The highest BCUT2D eigenvalue weighted by atomic mass is 35.5. The lowest BCUT2D eigenvalue weighted by molar-refractivity contribution is -0.124. The minimum Gasteiger partial charge on any atom is -0.352 e. The molecule has 5 heteroatoms. The lowest BCUT2D eigenvalue weighted by Gasteiger charge is -2.35.